The van der Waals surface area contributed by atoms with Gasteiger partial charge in [0.15, 0.2) is 6.29 Å². The smallest absolute Gasteiger partial charge is 0.157 e. The highest BCUT2D eigenvalue weighted by molar-refractivity contribution is 4.68. The summed E-state index contributed by atoms with van der Waals surface area (Å²) in [4.78, 5) is 0. The first-order valence-electron chi connectivity index (χ1n) is 6.80. The Kier molecular flexibility index (Phi) is 5.59. The molecular formula is C13H24O3. The second-order valence-corrected chi connectivity index (χ2v) is 4.83. The van der Waals surface area contributed by atoms with Crippen LogP contribution in [0, 0.1) is 0 Å². The van der Waals surface area contributed by atoms with Crippen molar-refractivity contribution in [2.24, 2.45) is 0 Å². The second-order valence-electron chi connectivity index (χ2n) is 4.83. The van der Waals surface area contributed by atoms with Gasteiger partial charge in [-0.3, -0.25) is 0 Å². The SMILES string of the molecule is C(CCCC1CO1)CCOC1CCCCO1. The van der Waals surface area contributed by atoms with Crippen molar-refractivity contribution in [3.05, 3.63) is 0 Å². The molecule has 0 N–H and O–H groups in total. The lowest BCUT2D eigenvalue weighted by atomic mass is 10.1. The molecule has 16 heavy (non-hydrogen) atoms. The Balaban J connectivity index is 1.33. The average molecular weight is 228 g/mol. The van der Waals surface area contributed by atoms with E-state index in [1.807, 2.05) is 0 Å². The van der Waals surface area contributed by atoms with Gasteiger partial charge in [-0.15, -0.1) is 0 Å². The van der Waals surface area contributed by atoms with Gasteiger partial charge in [0, 0.05) is 13.2 Å². The van der Waals surface area contributed by atoms with Gasteiger partial charge in [0.2, 0.25) is 0 Å². The zero-order valence-electron chi connectivity index (χ0n) is 10.2. The van der Waals surface area contributed by atoms with Crippen LogP contribution in [0.2, 0.25) is 0 Å². The first-order valence-corrected chi connectivity index (χ1v) is 6.80. The predicted molar refractivity (Wildman–Crippen MR) is 62.4 cm³/mol. The van der Waals surface area contributed by atoms with Crippen molar-refractivity contribution >= 4 is 0 Å². The summed E-state index contributed by atoms with van der Waals surface area (Å²) < 4.78 is 16.4. The van der Waals surface area contributed by atoms with E-state index >= 15 is 0 Å². The molecule has 3 nitrogen and oxygen atoms in total. The monoisotopic (exact) mass is 228 g/mol. The van der Waals surface area contributed by atoms with E-state index in [1.165, 1.54) is 44.9 Å². The molecule has 0 aliphatic carbocycles. The first-order chi connectivity index (χ1) is 7.95. The summed E-state index contributed by atoms with van der Waals surface area (Å²) in [5, 5.41) is 0. The van der Waals surface area contributed by atoms with Gasteiger partial charge in [0.05, 0.1) is 12.7 Å². The lowest BCUT2D eigenvalue weighted by Crippen LogP contribution is -2.22. The van der Waals surface area contributed by atoms with Crippen molar-refractivity contribution in [3.8, 4) is 0 Å². The molecule has 2 atom stereocenters. The van der Waals surface area contributed by atoms with Crippen LogP contribution in [0.3, 0.4) is 0 Å². The summed E-state index contributed by atoms with van der Waals surface area (Å²) in [6, 6.07) is 0. The van der Waals surface area contributed by atoms with Gasteiger partial charge in [-0.1, -0.05) is 19.3 Å². The third kappa shape index (κ3) is 5.28. The van der Waals surface area contributed by atoms with Gasteiger partial charge in [0.25, 0.3) is 0 Å². The van der Waals surface area contributed by atoms with E-state index in [1.54, 1.807) is 0 Å². The fraction of sp³-hybridized carbons (Fsp3) is 1.00. The van der Waals surface area contributed by atoms with Gasteiger partial charge >= 0.3 is 0 Å². The van der Waals surface area contributed by atoms with E-state index in [0.717, 1.165) is 26.2 Å². The Morgan fingerprint density at radius 2 is 1.88 bits per heavy atom. The van der Waals surface area contributed by atoms with E-state index in [2.05, 4.69) is 0 Å². The second kappa shape index (κ2) is 7.25. The summed E-state index contributed by atoms with van der Waals surface area (Å²) in [6.07, 6.45) is 10.6. The highest BCUT2D eigenvalue weighted by Crippen LogP contribution is 2.18. The summed E-state index contributed by atoms with van der Waals surface area (Å²) in [5.41, 5.74) is 0. The van der Waals surface area contributed by atoms with Crippen LogP contribution >= 0.6 is 0 Å². The largest absolute Gasteiger partial charge is 0.373 e. The Bertz CT molecular complexity index is 174. The summed E-state index contributed by atoms with van der Waals surface area (Å²) >= 11 is 0. The molecule has 0 radical (unpaired) electrons. The zero-order valence-corrected chi connectivity index (χ0v) is 10.2. The maximum atomic E-state index is 5.68. The van der Waals surface area contributed by atoms with E-state index in [-0.39, 0.29) is 6.29 Å². The van der Waals surface area contributed by atoms with Gasteiger partial charge < -0.3 is 14.2 Å². The number of epoxide rings is 1. The van der Waals surface area contributed by atoms with Crippen LogP contribution in [0.4, 0.5) is 0 Å². The zero-order chi connectivity index (χ0) is 11.1. The van der Waals surface area contributed by atoms with E-state index in [0.29, 0.717) is 6.10 Å². The maximum absolute atomic E-state index is 5.68. The summed E-state index contributed by atoms with van der Waals surface area (Å²) in [6.45, 7) is 2.75. The maximum Gasteiger partial charge on any atom is 0.157 e. The molecule has 0 aromatic rings. The highest BCUT2D eigenvalue weighted by atomic mass is 16.7. The lowest BCUT2D eigenvalue weighted by Gasteiger charge is -2.22. The molecule has 2 fully saturated rings. The van der Waals surface area contributed by atoms with Crippen LogP contribution in [0.15, 0.2) is 0 Å². The topological polar surface area (TPSA) is 31.0 Å². The lowest BCUT2D eigenvalue weighted by molar-refractivity contribution is -0.162. The molecule has 2 aliphatic heterocycles. The minimum absolute atomic E-state index is 0.0913. The Morgan fingerprint density at radius 3 is 2.62 bits per heavy atom. The van der Waals surface area contributed by atoms with E-state index in [4.69, 9.17) is 14.2 Å². The van der Waals surface area contributed by atoms with Crippen molar-refractivity contribution in [3.63, 3.8) is 0 Å². The molecule has 0 bridgehead atoms. The van der Waals surface area contributed by atoms with Gasteiger partial charge in [0.1, 0.15) is 0 Å². The van der Waals surface area contributed by atoms with Gasteiger partial charge in [-0.2, -0.15) is 0 Å². The standard InChI is InChI=1S/C13H24O3/c1(3-7-12-11-16-12)2-5-9-14-13-8-4-6-10-15-13/h12-13H,1-11H2. The van der Waals surface area contributed by atoms with Crippen molar-refractivity contribution in [2.45, 2.75) is 63.8 Å². The van der Waals surface area contributed by atoms with Crippen molar-refractivity contribution < 1.29 is 14.2 Å². The molecule has 3 heteroatoms. The van der Waals surface area contributed by atoms with E-state index in [9.17, 15) is 0 Å². The van der Waals surface area contributed by atoms with Crippen molar-refractivity contribution in [1.82, 2.24) is 0 Å². The van der Waals surface area contributed by atoms with Gasteiger partial charge in [-0.05, 0) is 32.1 Å². The summed E-state index contributed by atoms with van der Waals surface area (Å²) in [5.74, 6) is 0. The molecule has 2 unspecified atom stereocenters. The molecule has 2 rings (SSSR count). The number of hydrogen-bond donors (Lipinski definition) is 0. The minimum atomic E-state index is 0.0913. The van der Waals surface area contributed by atoms with Crippen LogP contribution in [0.5, 0.6) is 0 Å². The van der Waals surface area contributed by atoms with Crippen LogP contribution in [-0.2, 0) is 14.2 Å². The highest BCUT2D eigenvalue weighted by Gasteiger charge is 2.20. The number of unbranched alkanes of at least 4 members (excludes halogenated alkanes) is 3. The van der Waals surface area contributed by atoms with Crippen molar-refractivity contribution in [1.29, 1.82) is 0 Å². The quantitative estimate of drug-likeness (QED) is 0.473. The fourth-order valence-electron chi connectivity index (χ4n) is 2.12. The third-order valence-electron chi connectivity index (χ3n) is 3.26. The molecule has 0 aromatic carbocycles. The predicted octanol–water partition coefficient (Wildman–Crippen LogP) is 2.88. The summed E-state index contributed by atoms with van der Waals surface area (Å²) in [7, 11) is 0. The normalized spacial score (nSPS) is 29.2. The number of rotatable bonds is 8. The molecule has 2 aliphatic rings. The molecule has 94 valence electrons. The van der Waals surface area contributed by atoms with Crippen LogP contribution < -0.4 is 0 Å². The molecule has 0 saturated carbocycles. The number of ether oxygens (including phenoxy) is 3. The Labute approximate surface area is 98.4 Å². The van der Waals surface area contributed by atoms with E-state index < -0.39 is 0 Å². The molecular weight excluding hydrogens is 204 g/mol. The van der Waals surface area contributed by atoms with Crippen molar-refractivity contribution in [2.75, 3.05) is 19.8 Å². The molecule has 0 aromatic heterocycles. The van der Waals surface area contributed by atoms with Gasteiger partial charge in [-0.25, -0.2) is 0 Å². The molecule has 2 saturated heterocycles. The molecule has 0 spiro atoms. The van der Waals surface area contributed by atoms with Crippen LogP contribution in [-0.4, -0.2) is 32.2 Å². The Hall–Kier alpha value is -0.120. The minimum Gasteiger partial charge on any atom is -0.373 e. The average Bonchev–Trinajstić information content (AvgIpc) is 3.13. The third-order valence-corrected chi connectivity index (χ3v) is 3.26. The van der Waals surface area contributed by atoms with Crippen LogP contribution in [0.25, 0.3) is 0 Å². The molecule has 0 amide bonds. The number of hydrogen-bond acceptors (Lipinski definition) is 3. The molecule has 2 heterocycles. The Morgan fingerprint density at radius 1 is 1.00 bits per heavy atom. The van der Waals surface area contributed by atoms with Crippen LogP contribution in [0.1, 0.15) is 51.4 Å². The first kappa shape index (κ1) is 12.3. The fourth-order valence-corrected chi connectivity index (χ4v) is 2.12.